The van der Waals surface area contributed by atoms with Gasteiger partial charge in [0.1, 0.15) is 5.69 Å². The maximum absolute atomic E-state index is 12.2. The number of carbonyl (C=O) groups excluding carboxylic acids is 1. The molecule has 1 aromatic rings. The fraction of sp³-hybridized carbons (Fsp3) is 0.667. The van der Waals surface area contributed by atoms with Gasteiger partial charge in [-0.1, -0.05) is 13.3 Å². The highest BCUT2D eigenvalue weighted by atomic mass is 16.5. The molecule has 6 nitrogen and oxygen atoms in total. The van der Waals surface area contributed by atoms with Crippen LogP contribution in [0.4, 0.5) is 5.69 Å². The van der Waals surface area contributed by atoms with E-state index in [9.17, 15) is 4.79 Å². The fourth-order valence-corrected chi connectivity index (χ4v) is 1.94. The minimum Gasteiger partial charge on any atom is -0.395 e. The number of ether oxygens (including phenoxy) is 1. The number of aryl methyl sites for hydroxylation is 2. The predicted molar refractivity (Wildman–Crippen MR) is 70.4 cm³/mol. The van der Waals surface area contributed by atoms with Crippen molar-refractivity contribution in [1.82, 2.24) is 15.1 Å². The predicted octanol–water partition coefficient (Wildman–Crippen LogP) is 0.856. The van der Waals surface area contributed by atoms with Crippen molar-refractivity contribution in [1.29, 1.82) is 0 Å². The summed E-state index contributed by atoms with van der Waals surface area (Å²) in [6.07, 6.45) is 1.85. The van der Waals surface area contributed by atoms with E-state index in [0.29, 0.717) is 23.7 Å². The zero-order chi connectivity index (χ0) is 13.7. The van der Waals surface area contributed by atoms with Gasteiger partial charge in [-0.25, -0.2) is 0 Å². The van der Waals surface area contributed by atoms with Crippen LogP contribution in [0.2, 0.25) is 0 Å². The highest BCUT2D eigenvalue weighted by Crippen LogP contribution is 2.15. The van der Waals surface area contributed by atoms with Crippen LogP contribution in [0.25, 0.3) is 0 Å². The van der Waals surface area contributed by atoms with Crippen molar-refractivity contribution in [3.05, 3.63) is 11.4 Å². The fourth-order valence-electron chi connectivity index (χ4n) is 1.94. The maximum atomic E-state index is 12.2. The van der Waals surface area contributed by atoms with E-state index in [2.05, 4.69) is 17.3 Å². The first kappa shape index (κ1) is 14.5. The minimum absolute atomic E-state index is 0.00195. The van der Waals surface area contributed by atoms with Crippen LogP contribution in [0.15, 0.2) is 0 Å². The van der Waals surface area contributed by atoms with E-state index in [1.165, 1.54) is 4.68 Å². The van der Waals surface area contributed by atoms with Crippen LogP contribution in [-0.4, -0.2) is 35.4 Å². The molecular formula is C12H22N4O2. The minimum atomic E-state index is -0.203. The lowest BCUT2D eigenvalue weighted by Crippen LogP contribution is -2.39. The number of carbonyl (C=O) groups is 1. The van der Waals surface area contributed by atoms with E-state index in [0.717, 1.165) is 12.8 Å². The first-order valence-electron chi connectivity index (χ1n) is 6.10. The molecule has 1 aromatic heterocycles. The Labute approximate surface area is 107 Å². The Balaban J connectivity index is 2.80. The molecule has 0 spiro atoms. The molecule has 0 saturated carbocycles. The molecule has 6 heteroatoms. The van der Waals surface area contributed by atoms with E-state index in [1.807, 2.05) is 0 Å². The molecule has 1 atom stereocenters. The molecule has 0 aliphatic heterocycles. The molecule has 0 aromatic carbocycles. The van der Waals surface area contributed by atoms with E-state index >= 15 is 0 Å². The molecule has 0 fully saturated rings. The highest BCUT2D eigenvalue weighted by molar-refractivity contribution is 5.98. The summed E-state index contributed by atoms with van der Waals surface area (Å²) in [5, 5.41) is 7.06. The molecule has 0 saturated heterocycles. The smallest absolute Gasteiger partial charge is 0.271 e. The molecule has 0 aliphatic rings. The van der Waals surface area contributed by atoms with Crippen LogP contribution < -0.4 is 11.1 Å². The largest absolute Gasteiger partial charge is 0.395 e. The molecule has 0 bridgehead atoms. The molecule has 1 heterocycles. The average molecular weight is 254 g/mol. The molecule has 1 unspecified atom stereocenters. The number of hydrogen-bond donors (Lipinski definition) is 2. The zero-order valence-corrected chi connectivity index (χ0v) is 11.5. The van der Waals surface area contributed by atoms with Gasteiger partial charge < -0.3 is 15.8 Å². The van der Waals surface area contributed by atoms with Gasteiger partial charge in [-0.05, 0) is 13.3 Å². The number of rotatable bonds is 6. The van der Waals surface area contributed by atoms with Gasteiger partial charge in [0.05, 0.1) is 24.0 Å². The second-order valence-corrected chi connectivity index (χ2v) is 4.39. The first-order chi connectivity index (χ1) is 8.51. The number of nitrogen functional groups attached to an aromatic ring is 1. The van der Waals surface area contributed by atoms with Crippen molar-refractivity contribution in [3.8, 4) is 0 Å². The normalized spacial score (nSPS) is 12.4. The average Bonchev–Trinajstić information content (AvgIpc) is 2.53. The molecule has 1 amide bonds. The summed E-state index contributed by atoms with van der Waals surface area (Å²) in [5.41, 5.74) is 7.36. The topological polar surface area (TPSA) is 82.2 Å². The van der Waals surface area contributed by atoms with Gasteiger partial charge in [0.25, 0.3) is 5.91 Å². The van der Waals surface area contributed by atoms with Crippen molar-refractivity contribution in [2.24, 2.45) is 7.05 Å². The summed E-state index contributed by atoms with van der Waals surface area (Å²) in [6.45, 7) is 4.35. The molecule has 102 valence electrons. The molecule has 0 radical (unpaired) electrons. The van der Waals surface area contributed by atoms with Crippen LogP contribution in [0.3, 0.4) is 0 Å². The Kier molecular flexibility index (Phi) is 5.15. The SMILES string of the molecule is CCCC(COC)NC(=O)c1c(N)c(C)nn1C. The third kappa shape index (κ3) is 3.22. The van der Waals surface area contributed by atoms with Crippen molar-refractivity contribution in [2.75, 3.05) is 19.5 Å². The number of nitrogens with one attached hydrogen (secondary N) is 1. The zero-order valence-electron chi connectivity index (χ0n) is 11.5. The summed E-state index contributed by atoms with van der Waals surface area (Å²) in [4.78, 5) is 12.2. The highest BCUT2D eigenvalue weighted by Gasteiger charge is 2.20. The van der Waals surface area contributed by atoms with Crippen molar-refractivity contribution >= 4 is 11.6 Å². The van der Waals surface area contributed by atoms with Gasteiger partial charge in [0.2, 0.25) is 0 Å². The van der Waals surface area contributed by atoms with Crippen LogP contribution in [0, 0.1) is 6.92 Å². The van der Waals surface area contributed by atoms with Gasteiger partial charge in [-0.2, -0.15) is 5.10 Å². The number of aromatic nitrogens is 2. The third-order valence-electron chi connectivity index (χ3n) is 2.82. The lowest BCUT2D eigenvalue weighted by molar-refractivity contribution is 0.0883. The third-order valence-corrected chi connectivity index (χ3v) is 2.82. The molecular weight excluding hydrogens is 232 g/mol. The molecule has 18 heavy (non-hydrogen) atoms. The summed E-state index contributed by atoms with van der Waals surface area (Å²) in [7, 11) is 3.33. The van der Waals surface area contributed by atoms with Crippen LogP contribution >= 0.6 is 0 Å². The van der Waals surface area contributed by atoms with E-state index in [-0.39, 0.29) is 11.9 Å². The Morgan fingerprint density at radius 1 is 1.61 bits per heavy atom. The quantitative estimate of drug-likeness (QED) is 0.788. The summed E-state index contributed by atoms with van der Waals surface area (Å²) >= 11 is 0. The Bertz CT molecular complexity index is 408. The van der Waals surface area contributed by atoms with Crippen LogP contribution in [-0.2, 0) is 11.8 Å². The van der Waals surface area contributed by atoms with Crippen LogP contribution in [0.1, 0.15) is 35.9 Å². The lowest BCUT2D eigenvalue weighted by Gasteiger charge is -2.17. The molecule has 1 rings (SSSR count). The second kappa shape index (κ2) is 6.39. The second-order valence-electron chi connectivity index (χ2n) is 4.39. The number of nitrogens with two attached hydrogens (primary N) is 1. The summed E-state index contributed by atoms with van der Waals surface area (Å²) in [6, 6.07) is 0.00195. The van der Waals surface area contributed by atoms with E-state index in [4.69, 9.17) is 10.5 Å². The number of methoxy groups -OCH3 is 1. The molecule has 0 aliphatic carbocycles. The Morgan fingerprint density at radius 3 is 2.72 bits per heavy atom. The number of amides is 1. The summed E-state index contributed by atoms with van der Waals surface area (Å²) < 4.78 is 6.60. The lowest BCUT2D eigenvalue weighted by atomic mass is 10.1. The number of anilines is 1. The summed E-state index contributed by atoms with van der Waals surface area (Å²) in [5.74, 6) is -0.203. The van der Waals surface area contributed by atoms with Crippen molar-refractivity contribution in [2.45, 2.75) is 32.7 Å². The maximum Gasteiger partial charge on any atom is 0.271 e. The van der Waals surface area contributed by atoms with E-state index in [1.54, 1.807) is 21.1 Å². The number of hydrogen-bond acceptors (Lipinski definition) is 4. The molecule has 3 N–H and O–H groups in total. The standard InChI is InChI=1S/C12H22N4O2/c1-5-6-9(7-18-4)14-12(17)11-10(13)8(2)15-16(11)3/h9H,5-7,13H2,1-4H3,(H,14,17). The van der Waals surface area contributed by atoms with Crippen LogP contribution in [0.5, 0.6) is 0 Å². The first-order valence-corrected chi connectivity index (χ1v) is 6.10. The Hall–Kier alpha value is -1.56. The van der Waals surface area contributed by atoms with Gasteiger partial charge in [-0.15, -0.1) is 0 Å². The van der Waals surface area contributed by atoms with Gasteiger partial charge >= 0.3 is 0 Å². The number of nitrogens with zero attached hydrogens (tertiary/aromatic N) is 2. The van der Waals surface area contributed by atoms with Crippen molar-refractivity contribution in [3.63, 3.8) is 0 Å². The van der Waals surface area contributed by atoms with Crippen molar-refractivity contribution < 1.29 is 9.53 Å². The van der Waals surface area contributed by atoms with Gasteiger partial charge in [0.15, 0.2) is 0 Å². The van der Waals surface area contributed by atoms with E-state index < -0.39 is 0 Å². The van der Waals surface area contributed by atoms with Gasteiger partial charge in [-0.3, -0.25) is 9.48 Å². The van der Waals surface area contributed by atoms with Gasteiger partial charge in [0, 0.05) is 14.2 Å². The monoisotopic (exact) mass is 254 g/mol. The Morgan fingerprint density at radius 2 is 2.28 bits per heavy atom.